The van der Waals surface area contributed by atoms with Gasteiger partial charge in [0.15, 0.2) is 0 Å². The molecule has 3 nitrogen and oxygen atoms in total. The molecule has 2 unspecified atom stereocenters. The van der Waals surface area contributed by atoms with E-state index in [0.29, 0.717) is 5.92 Å². The number of hydrogen-bond acceptors (Lipinski definition) is 2. The van der Waals surface area contributed by atoms with Crippen molar-refractivity contribution in [3.63, 3.8) is 0 Å². The zero-order valence-corrected chi connectivity index (χ0v) is 15.1. The van der Waals surface area contributed by atoms with Gasteiger partial charge in [0, 0.05) is 18.5 Å². The van der Waals surface area contributed by atoms with Crippen molar-refractivity contribution in [3.8, 4) is 0 Å². The predicted molar refractivity (Wildman–Crippen MR) is 94.4 cm³/mol. The van der Waals surface area contributed by atoms with Crippen molar-refractivity contribution in [1.29, 1.82) is 0 Å². The van der Waals surface area contributed by atoms with Gasteiger partial charge in [-0.2, -0.15) is 0 Å². The van der Waals surface area contributed by atoms with Crippen molar-refractivity contribution in [2.75, 3.05) is 6.54 Å². The average Bonchev–Trinajstić information content (AvgIpc) is 2.78. The molecule has 0 saturated carbocycles. The largest absolute Gasteiger partial charge is 0.338 e. The lowest BCUT2D eigenvalue weighted by Gasteiger charge is -2.32. The van der Waals surface area contributed by atoms with E-state index in [4.69, 9.17) is 5.73 Å². The van der Waals surface area contributed by atoms with Crippen molar-refractivity contribution >= 4 is 18.3 Å². The van der Waals surface area contributed by atoms with Gasteiger partial charge >= 0.3 is 0 Å². The third-order valence-corrected chi connectivity index (χ3v) is 4.69. The highest BCUT2D eigenvalue weighted by Crippen LogP contribution is 2.34. The van der Waals surface area contributed by atoms with E-state index in [2.05, 4.69) is 38.1 Å². The van der Waals surface area contributed by atoms with Gasteiger partial charge in [-0.3, -0.25) is 4.79 Å². The summed E-state index contributed by atoms with van der Waals surface area (Å²) in [6.45, 7) is 11.1. The molecule has 2 rings (SSSR count). The number of nitrogens with zero attached hydrogens (tertiary/aromatic N) is 1. The predicted octanol–water partition coefficient (Wildman–Crippen LogP) is 3.49. The molecule has 1 amide bonds. The summed E-state index contributed by atoms with van der Waals surface area (Å²) in [5.74, 6) is 0.517. The minimum atomic E-state index is -0.435. The van der Waals surface area contributed by atoms with Crippen molar-refractivity contribution < 1.29 is 4.79 Å². The minimum Gasteiger partial charge on any atom is -0.338 e. The van der Waals surface area contributed by atoms with Crippen LogP contribution in [0.1, 0.15) is 51.2 Å². The van der Waals surface area contributed by atoms with E-state index in [1.807, 2.05) is 25.7 Å². The monoisotopic (exact) mass is 324 g/mol. The molecule has 1 aromatic rings. The van der Waals surface area contributed by atoms with Gasteiger partial charge < -0.3 is 10.6 Å². The van der Waals surface area contributed by atoms with Gasteiger partial charge in [0.05, 0.1) is 6.04 Å². The Morgan fingerprint density at radius 3 is 2.45 bits per heavy atom. The van der Waals surface area contributed by atoms with Crippen LogP contribution in [0.2, 0.25) is 0 Å². The molecule has 0 radical (unpaired) electrons. The highest BCUT2D eigenvalue weighted by Gasteiger charge is 2.38. The van der Waals surface area contributed by atoms with Crippen LogP contribution in [-0.4, -0.2) is 29.4 Å². The van der Waals surface area contributed by atoms with Gasteiger partial charge in [0.1, 0.15) is 0 Å². The molecule has 1 aliphatic rings. The molecule has 1 heterocycles. The lowest BCUT2D eigenvalue weighted by molar-refractivity contribution is -0.135. The first-order chi connectivity index (χ1) is 9.71. The molecular formula is C18H29ClN2O. The highest BCUT2D eigenvalue weighted by atomic mass is 35.5. The molecule has 0 aliphatic carbocycles. The third kappa shape index (κ3) is 3.82. The Hall–Kier alpha value is -1.06. The maximum absolute atomic E-state index is 12.7. The van der Waals surface area contributed by atoms with E-state index >= 15 is 0 Å². The van der Waals surface area contributed by atoms with Crippen LogP contribution in [0.5, 0.6) is 0 Å². The van der Waals surface area contributed by atoms with Crippen LogP contribution in [0.15, 0.2) is 24.3 Å². The minimum absolute atomic E-state index is 0. The summed E-state index contributed by atoms with van der Waals surface area (Å²) in [6.07, 6.45) is 1.02. The lowest BCUT2D eigenvalue weighted by atomic mass is 9.86. The molecular weight excluding hydrogens is 296 g/mol. The van der Waals surface area contributed by atoms with Crippen LogP contribution in [0.3, 0.4) is 0 Å². The number of hydrogen-bond donors (Lipinski definition) is 1. The molecule has 0 bridgehead atoms. The van der Waals surface area contributed by atoms with Crippen LogP contribution in [0.4, 0.5) is 0 Å². The maximum atomic E-state index is 12.7. The molecule has 0 spiro atoms. The summed E-state index contributed by atoms with van der Waals surface area (Å²) in [5, 5.41) is 0. The standard InChI is InChI=1S/C18H28N2O.ClH/c1-12-8-6-7-9-15(12)14-10-13(2)20(11-14)17(21)16(19)18(3,4)5;/h6-9,13-14,16H,10-11,19H2,1-5H3;1H/t13?,14?,16-;/m1./s1. The molecule has 4 heteroatoms. The Balaban J connectivity index is 0.00000242. The summed E-state index contributed by atoms with van der Waals surface area (Å²) in [4.78, 5) is 14.6. The van der Waals surface area contributed by atoms with Crippen LogP contribution in [-0.2, 0) is 4.79 Å². The van der Waals surface area contributed by atoms with Crippen LogP contribution >= 0.6 is 12.4 Å². The first kappa shape index (κ1) is 19.0. The molecule has 1 fully saturated rings. The number of amides is 1. The van der Waals surface area contributed by atoms with E-state index < -0.39 is 6.04 Å². The van der Waals surface area contributed by atoms with Gasteiger partial charge in [-0.1, -0.05) is 45.0 Å². The molecule has 3 atom stereocenters. The first-order valence-corrected chi connectivity index (χ1v) is 7.83. The summed E-state index contributed by atoms with van der Waals surface area (Å²) in [6, 6.07) is 8.30. The second-order valence-corrected chi connectivity index (χ2v) is 7.47. The van der Waals surface area contributed by atoms with Crippen LogP contribution in [0.25, 0.3) is 0 Å². The Labute approximate surface area is 140 Å². The number of carbonyl (C=O) groups excluding carboxylic acids is 1. The lowest BCUT2D eigenvalue weighted by Crippen LogP contribution is -2.51. The average molecular weight is 325 g/mol. The molecule has 1 aliphatic heterocycles. The number of nitrogens with two attached hydrogens (primary N) is 1. The van der Waals surface area contributed by atoms with Gasteiger partial charge in [-0.25, -0.2) is 0 Å². The fraction of sp³-hybridized carbons (Fsp3) is 0.611. The smallest absolute Gasteiger partial charge is 0.240 e. The molecule has 1 aromatic carbocycles. The molecule has 2 N–H and O–H groups in total. The fourth-order valence-corrected chi connectivity index (χ4v) is 3.16. The zero-order valence-electron chi connectivity index (χ0n) is 14.3. The molecule has 22 heavy (non-hydrogen) atoms. The van der Waals surface area contributed by atoms with Gasteiger partial charge in [-0.15, -0.1) is 12.4 Å². The molecule has 1 saturated heterocycles. The maximum Gasteiger partial charge on any atom is 0.240 e. The van der Waals surface area contributed by atoms with Gasteiger partial charge in [0.2, 0.25) is 5.91 Å². The summed E-state index contributed by atoms with van der Waals surface area (Å²) in [5.41, 5.74) is 8.64. The van der Waals surface area contributed by atoms with Crippen molar-refractivity contribution in [2.45, 2.75) is 59.0 Å². The van der Waals surface area contributed by atoms with E-state index in [0.717, 1.165) is 13.0 Å². The Bertz CT molecular complexity index is 524. The van der Waals surface area contributed by atoms with Gasteiger partial charge in [-0.05, 0) is 36.8 Å². The van der Waals surface area contributed by atoms with E-state index in [1.165, 1.54) is 11.1 Å². The van der Waals surface area contributed by atoms with Crippen molar-refractivity contribution in [3.05, 3.63) is 35.4 Å². The molecule has 124 valence electrons. The molecule has 0 aromatic heterocycles. The van der Waals surface area contributed by atoms with E-state index in [-0.39, 0.29) is 29.8 Å². The Kier molecular flexibility index (Phi) is 6.05. The number of likely N-dealkylation sites (tertiary alicyclic amines) is 1. The van der Waals surface area contributed by atoms with E-state index in [9.17, 15) is 4.79 Å². The first-order valence-electron chi connectivity index (χ1n) is 7.83. The number of carbonyl (C=O) groups is 1. The summed E-state index contributed by atoms with van der Waals surface area (Å²) < 4.78 is 0. The summed E-state index contributed by atoms with van der Waals surface area (Å²) in [7, 11) is 0. The normalized spacial score (nSPS) is 23.1. The van der Waals surface area contributed by atoms with Crippen LogP contribution < -0.4 is 5.73 Å². The summed E-state index contributed by atoms with van der Waals surface area (Å²) >= 11 is 0. The van der Waals surface area contributed by atoms with Crippen molar-refractivity contribution in [2.24, 2.45) is 11.1 Å². The second kappa shape index (κ2) is 7.01. The zero-order chi connectivity index (χ0) is 15.8. The topological polar surface area (TPSA) is 46.3 Å². The van der Waals surface area contributed by atoms with E-state index in [1.54, 1.807) is 0 Å². The third-order valence-electron chi connectivity index (χ3n) is 4.69. The van der Waals surface area contributed by atoms with Gasteiger partial charge in [0.25, 0.3) is 0 Å². The number of halogens is 1. The fourth-order valence-electron chi connectivity index (χ4n) is 3.16. The van der Waals surface area contributed by atoms with Crippen molar-refractivity contribution in [1.82, 2.24) is 4.90 Å². The van der Waals surface area contributed by atoms with Crippen LogP contribution in [0, 0.1) is 12.3 Å². The number of benzene rings is 1. The SMILES string of the molecule is Cc1ccccc1C1CC(C)N(C(=O)[C@@H](N)C(C)(C)C)C1.Cl. The number of aryl methyl sites for hydroxylation is 1. The number of rotatable bonds is 2. The highest BCUT2D eigenvalue weighted by molar-refractivity contribution is 5.85. The quantitative estimate of drug-likeness (QED) is 0.905. The Morgan fingerprint density at radius 2 is 1.91 bits per heavy atom. The Morgan fingerprint density at radius 1 is 1.32 bits per heavy atom. The second-order valence-electron chi connectivity index (χ2n) is 7.47.